The van der Waals surface area contributed by atoms with Crippen molar-refractivity contribution in [1.82, 2.24) is 19.7 Å². The summed E-state index contributed by atoms with van der Waals surface area (Å²) in [4.78, 5) is 21.0. The second-order valence-corrected chi connectivity index (χ2v) is 9.36. The predicted molar refractivity (Wildman–Crippen MR) is 120 cm³/mol. The fourth-order valence-electron chi connectivity index (χ4n) is 3.17. The van der Waals surface area contributed by atoms with Gasteiger partial charge in [0.1, 0.15) is 4.83 Å². The average molecular weight is 445 g/mol. The van der Waals surface area contributed by atoms with Crippen LogP contribution in [0.3, 0.4) is 0 Å². The Kier molecular flexibility index (Phi) is 5.72. The van der Waals surface area contributed by atoms with E-state index in [1.54, 1.807) is 16.2 Å². The molecule has 8 heteroatoms. The van der Waals surface area contributed by atoms with Crippen molar-refractivity contribution in [2.45, 2.75) is 33.4 Å². The van der Waals surface area contributed by atoms with Gasteiger partial charge in [-0.05, 0) is 37.1 Å². The molecular formula is C21H21ClN4OS2. The largest absolute Gasteiger partial charge is 0.335 e. The van der Waals surface area contributed by atoms with E-state index < -0.39 is 0 Å². The first-order valence-corrected chi connectivity index (χ1v) is 11.4. The van der Waals surface area contributed by atoms with Crippen LogP contribution >= 0.6 is 34.3 Å². The van der Waals surface area contributed by atoms with E-state index >= 15 is 0 Å². The molecule has 0 saturated carbocycles. The van der Waals surface area contributed by atoms with Crippen LogP contribution < -0.4 is 0 Å². The number of nitrogens with zero attached hydrogens (tertiary/aromatic N) is 4. The third-order valence-corrected chi connectivity index (χ3v) is 7.14. The maximum atomic E-state index is 13.0. The van der Waals surface area contributed by atoms with Crippen LogP contribution in [0.5, 0.6) is 0 Å². The Morgan fingerprint density at radius 2 is 2.03 bits per heavy atom. The van der Waals surface area contributed by atoms with E-state index in [4.69, 9.17) is 11.6 Å². The molecule has 1 aromatic carbocycles. The average Bonchev–Trinajstić information content (AvgIpc) is 3.41. The summed E-state index contributed by atoms with van der Waals surface area (Å²) in [5.74, 6) is 0.00897. The summed E-state index contributed by atoms with van der Waals surface area (Å²) in [5.41, 5.74) is 2.99. The van der Waals surface area contributed by atoms with Gasteiger partial charge in [-0.1, -0.05) is 30.7 Å². The molecule has 0 N–H and O–H groups in total. The smallest absolute Gasteiger partial charge is 0.264 e. The lowest BCUT2D eigenvalue weighted by molar-refractivity contribution is 0.0788. The van der Waals surface area contributed by atoms with Gasteiger partial charge in [0.05, 0.1) is 34.4 Å². The molecule has 4 aromatic rings. The van der Waals surface area contributed by atoms with Gasteiger partial charge in [-0.3, -0.25) is 9.48 Å². The van der Waals surface area contributed by atoms with Gasteiger partial charge in [0.25, 0.3) is 5.91 Å². The highest BCUT2D eigenvalue weighted by Crippen LogP contribution is 2.30. The summed E-state index contributed by atoms with van der Waals surface area (Å²) in [6.45, 7) is 5.22. The van der Waals surface area contributed by atoms with Crippen LogP contribution in [0.25, 0.3) is 10.2 Å². The molecule has 0 atom stereocenters. The van der Waals surface area contributed by atoms with Crippen molar-refractivity contribution in [3.05, 3.63) is 67.6 Å². The molecule has 3 aromatic heterocycles. The Balaban J connectivity index is 1.56. The molecule has 0 fully saturated rings. The van der Waals surface area contributed by atoms with E-state index in [9.17, 15) is 4.79 Å². The first-order chi connectivity index (χ1) is 13.9. The van der Waals surface area contributed by atoms with Gasteiger partial charge in [-0.25, -0.2) is 4.98 Å². The SMILES string of the molecule is CCc1nc(CN(C)C(=O)c2cc3c(C)nn(Cc4ccc(Cl)cc4)c3s2)cs1. The van der Waals surface area contributed by atoms with Crippen LogP contribution in [0.15, 0.2) is 35.7 Å². The molecule has 150 valence electrons. The summed E-state index contributed by atoms with van der Waals surface area (Å²) in [5, 5.41) is 9.53. The van der Waals surface area contributed by atoms with Gasteiger partial charge < -0.3 is 4.90 Å². The third-order valence-electron chi connectivity index (χ3n) is 4.71. The van der Waals surface area contributed by atoms with Crippen molar-refractivity contribution in [3.8, 4) is 0 Å². The lowest BCUT2D eigenvalue weighted by atomic mass is 10.2. The van der Waals surface area contributed by atoms with Gasteiger partial charge in [0.15, 0.2) is 0 Å². The van der Waals surface area contributed by atoms with Crippen molar-refractivity contribution < 1.29 is 4.79 Å². The molecule has 0 aliphatic heterocycles. The summed E-state index contributed by atoms with van der Waals surface area (Å²) in [6, 6.07) is 9.71. The molecule has 0 spiro atoms. The van der Waals surface area contributed by atoms with Crippen LogP contribution in [-0.2, 0) is 19.5 Å². The van der Waals surface area contributed by atoms with Crippen LogP contribution in [-0.4, -0.2) is 32.6 Å². The minimum Gasteiger partial charge on any atom is -0.335 e. The molecule has 29 heavy (non-hydrogen) atoms. The van der Waals surface area contributed by atoms with Gasteiger partial charge in [-0.2, -0.15) is 5.10 Å². The fourth-order valence-corrected chi connectivity index (χ4v) is 5.19. The van der Waals surface area contributed by atoms with E-state index in [0.717, 1.165) is 43.5 Å². The fraction of sp³-hybridized carbons (Fsp3) is 0.286. The number of thiazole rings is 1. The molecule has 1 amide bonds. The highest BCUT2D eigenvalue weighted by molar-refractivity contribution is 7.20. The van der Waals surface area contributed by atoms with Crippen molar-refractivity contribution in [2.24, 2.45) is 0 Å². The Hall–Kier alpha value is -2.22. The van der Waals surface area contributed by atoms with Crippen LogP contribution in [0, 0.1) is 6.92 Å². The second-order valence-electron chi connectivity index (χ2n) is 6.95. The Labute approximate surface area is 182 Å². The van der Waals surface area contributed by atoms with Gasteiger partial charge >= 0.3 is 0 Å². The maximum Gasteiger partial charge on any atom is 0.264 e. The maximum absolute atomic E-state index is 13.0. The molecule has 0 aliphatic rings. The second kappa shape index (κ2) is 8.26. The molecular weight excluding hydrogens is 424 g/mol. The standard InChI is InChI=1S/C21H21ClN4OS2/c1-4-19-23-16(12-28-19)11-25(3)20(27)18-9-17-13(2)24-26(21(17)29-18)10-14-5-7-15(22)8-6-14/h5-9,12H,4,10-11H2,1-3H3. The molecule has 5 nitrogen and oxygen atoms in total. The zero-order valence-electron chi connectivity index (χ0n) is 16.5. The van der Waals surface area contributed by atoms with Crippen molar-refractivity contribution >= 4 is 50.4 Å². The number of carbonyl (C=O) groups is 1. The van der Waals surface area contributed by atoms with Crippen LogP contribution in [0.1, 0.15) is 38.6 Å². The molecule has 0 saturated heterocycles. The Morgan fingerprint density at radius 1 is 1.28 bits per heavy atom. The number of hydrogen-bond acceptors (Lipinski definition) is 5. The number of carbonyl (C=O) groups excluding carboxylic acids is 1. The van der Waals surface area contributed by atoms with E-state index in [0.29, 0.717) is 18.1 Å². The van der Waals surface area contributed by atoms with Crippen LogP contribution in [0.4, 0.5) is 0 Å². The summed E-state index contributed by atoms with van der Waals surface area (Å²) in [6.07, 6.45) is 0.919. The predicted octanol–water partition coefficient (Wildman–Crippen LogP) is 5.40. The third kappa shape index (κ3) is 4.22. The molecule has 0 radical (unpaired) electrons. The lowest BCUT2D eigenvalue weighted by Crippen LogP contribution is -2.25. The van der Waals surface area contributed by atoms with E-state index in [2.05, 4.69) is 17.0 Å². The van der Waals surface area contributed by atoms with E-state index in [-0.39, 0.29) is 5.91 Å². The van der Waals surface area contributed by atoms with Gasteiger partial charge in [0.2, 0.25) is 0 Å². The van der Waals surface area contributed by atoms with Gasteiger partial charge in [0, 0.05) is 22.8 Å². The first kappa shape index (κ1) is 20.1. The molecule has 0 bridgehead atoms. The molecule has 0 unspecified atom stereocenters. The number of hydrogen-bond donors (Lipinski definition) is 0. The summed E-state index contributed by atoms with van der Waals surface area (Å²) < 4.78 is 1.96. The number of rotatable bonds is 6. The highest BCUT2D eigenvalue weighted by atomic mass is 35.5. The Morgan fingerprint density at radius 3 is 2.72 bits per heavy atom. The number of thiophene rings is 1. The lowest BCUT2D eigenvalue weighted by Gasteiger charge is -2.14. The zero-order chi connectivity index (χ0) is 20.5. The minimum absolute atomic E-state index is 0.00897. The quantitative estimate of drug-likeness (QED) is 0.400. The number of aromatic nitrogens is 3. The van der Waals surface area contributed by atoms with Crippen molar-refractivity contribution in [3.63, 3.8) is 0 Å². The number of aryl methyl sites for hydroxylation is 2. The first-order valence-electron chi connectivity index (χ1n) is 9.34. The molecule has 3 heterocycles. The minimum atomic E-state index is 0.00897. The Bertz CT molecular complexity index is 1160. The van der Waals surface area contributed by atoms with Crippen molar-refractivity contribution in [1.29, 1.82) is 0 Å². The normalized spacial score (nSPS) is 11.3. The number of fused-ring (bicyclic) bond motifs is 1. The van der Waals surface area contributed by atoms with Crippen molar-refractivity contribution in [2.75, 3.05) is 7.05 Å². The van der Waals surface area contributed by atoms with E-state index in [1.807, 2.05) is 54.4 Å². The zero-order valence-corrected chi connectivity index (χ0v) is 18.9. The topological polar surface area (TPSA) is 51.0 Å². The number of halogens is 1. The summed E-state index contributed by atoms with van der Waals surface area (Å²) in [7, 11) is 1.82. The molecule has 0 aliphatic carbocycles. The molecule has 4 rings (SSSR count). The van der Waals surface area contributed by atoms with Crippen LogP contribution in [0.2, 0.25) is 5.02 Å². The number of amides is 1. The van der Waals surface area contributed by atoms with Gasteiger partial charge in [-0.15, -0.1) is 22.7 Å². The monoisotopic (exact) mass is 444 g/mol. The highest BCUT2D eigenvalue weighted by Gasteiger charge is 2.20. The summed E-state index contributed by atoms with van der Waals surface area (Å²) >= 11 is 9.12. The number of benzene rings is 1. The van der Waals surface area contributed by atoms with E-state index in [1.165, 1.54) is 11.3 Å².